The van der Waals surface area contributed by atoms with Crippen molar-refractivity contribution in [2.24, 2.45) is 0 Å². The Morgan fingerprint density at radius 1 is 1.29 bits per heavy atom. The van der Waals surface area contributed by atoms with Crippen molar-refractivity contribution in [3.63, 3.8) is 0 Å². The smallest absolute Gasteiger partial charge is 0.0342 e. The summed E-state index contributed by atoms with van der Waals surface area (Å²) in [4.78, 5) is 0. The van der Waals surface area contributed by atoms with Crippen LogP contribution in [-0.2, 0) is 0 Å². The van der Waals surface area contributed by atoms with Gasteiger partial charge in [-0.05, 0) is 26.0 Å². The van der Waals surface area contributed by atoms with Gasteiger partial charge in [0.25, 0.3) is 0 Å². The molecule has 0 fully saturated rings. The van der Waals surface area contributed by atoms with Crippen molar-refractivity contribution in [3.05, 3.63) is 54.1 Å². The predicted molar refractivity (Wildman–Crippen MR) is 63.5 cm³/mol. The highest BCUT2D eigenvalue weighted by molar-refractivity contribution is 5.43. The van der Waals surface area contributed by atoms with Gasteiger partial charge in [0.15, 0.2) is 0 Å². The van der Waals surface area contributed by atoms with Gasteiger partial charge in [0.1, 0.15) is 0 Å². The van der Waals surface area contributed by atoms with E-state index in [0.717, 1.165) is 12.2 Å². The van der Waals surface area contributed by atoms with Crippen molar-refractivity contribution in [1.82, 2.24) is 0 Å². The molecule has 0 heterocycles. The molecule has 0 amide bonds. The third-order valence-electron chi connectivity index (χ3n) is 2.03. The zero-order chi connectivity index (χ0) is 10.2. The molecule has 0 aliphatic rings. The van der Waals surface area contributed by atoms with Crippen LogP contribution in [0.15, 0.2) is 54.1 Å². The summed E-state index contributed by atoms with van der Waals surface area (Å²) in [5, 5.41) is 3.31. The van der Waals surface area contributed by atoms with E-state index < -0.39 is 0 Å². The molecular weight excluding hydrogens is 170 g/mol. The van der Waals surface area contributed by atoms with Crippen molar-refractivity contribution in [1.29, 1.82) is 0 Å². The number of allylic oxidation sites excluding steroid dienone is 3. The maximum atomic E-state index is 3.31. The molecule has 0 bridgehead atoms. The van der Waals surface area contributed by atoms with Gasteiger partial charge in [0, 0.05) is 12.2 Å². The minimum absolute atomic E-state index is 0.870. The second-order valence-corrected chi connectivity index (χ2v) is 3.18. The van der Waals surface area contributed by atoms with Crippen molar-refractivity contribution < 1.29 is 0 Å². The maximum Gasteiger partial charge on any atom is 0.0342 e. The van der Waals surface area contributed by atoms with Gasteiger partial charge in [-0.15, -0.1) is 0 Å². The number of rotatable bonds is 4. The third kappa shape index (κ3) is 3.94. The lowest BCUT2D eigenvalue weighted by molar-refractivity contribution is 1.32. The summed E-state index contributed by atoms with van der Waals surface area (Å²) in [6.07, 6.45) is 6.34. The van der Waals surface area contributed by atoms with E-state index in [-0.39, 0.29) is 0 Å². The Morgan fingerprint density at radius 3 is 2.64 bits per heavy atom. The van der Waals surface area contributed by atoms with Crippen molar-refractivity contribution >= 4 is 5.69 Å². The van der Waals surface area contributed by atoms with E-state index in [1.54, 1.807) is 0 Å². The molecule has 14 heavy (non-hydrogen) atoms. The first kappa shape index (κ1) is 10.6. The van der Waals surface area contributed by atoms with E-state index in [4.69, 9.17) is 0 Å². The van der Waals surface area contributed by atoms with Crippen molar-refractivity contribution in [2.45, 2.75) is 13.8 Å². The van der Waals surface area contributed by atoms with Crippen LogP contribution in [0.25, 0.3) is 0 Å². The standard InChI is InChI=1S/C13H17N/c1-3-12(2)8-7-11-14-13-9-5-4-6-10-13/h3-10,14H,11H2,1-2H3/b8-7+,12-3+. The fourth-order valence-electron chi connectivity index (χ4n) is 1.07. The van der Waals surface area contributed by atoms with Crippen LogP contribution < -0.4 is 5.32 Å². The molecule has 0 unspecified atom stereocenters. The SMILES string of the molecule is C/C=C(C)/C=C/CNc1ccccc1. The minimum Gasteiger partial charge on any atom is -0.382 e. The lowest BCUT2D eigenvalue weighted by Crippen LogP contribution is -1.97. The largest absolute Gasteiger partial charge is 0.382 e. The Hall–Kier alpha value is -1.50. The summed E-state index contributed by atoms with van der Waals surface area (Å²) >= 11 is 0. The van der Waals surface area contributed by atoms with Crippen molar-refractivity contribution in [2.75, 3.05) is 11.9 Å². The quantitative estimate of drug-likeness (QED) is 0.710. The molecule has 1 aromatic carbocycles. The van der Waals surface area contributed by atoms with Gasteiger partial charge in [0.2, 0.25) is 0 Å². The van der Waals surface area contributed by atoms with E-state index in [9.17, 15) is 0 Å². The molecule has 1 nitrogen and oxygen atoms in total. The van der Waals surface area contributed by atoms with E-state index >= 15 is 0 Å². The molecule has 74 valence electrons. The number of nitrogens with one attached hydrogen (secondary N) is 1. The number of hydrogen-bond donors (Lipinski definition) is 1. The van der Waals surface area contributed by atoms with E-state index in [2.05, 4.69) is 42.6 Å². The molecule has 0 saturated heterocycles. The third-order valence-corrected chi connectivity index (χ3v) is 2.03. The summed E-state index contributed by atoms with van der Waals surface area (Å²) in [5.41, 5.74) is 2.45. The minimum atomic E-state index is 0.870. The number of hydrogen-bond acceptors (Lipinski definition) is 1. The highest BCUT2D eigenvalue weighted by atomic mass is 14.8. The normalized spacial score (nSPS) is 12.0. The Morgan fingerprint density at radius 2 is 2.00 bits per heavy atom. The Bertz CT molecular complexity index is 309. The molecule has 0 atom stereocenters. The van der Waals surface area contributed by atoms with E-state index in [0.29, 0.717) is 0 Å². The first-order valence-corrected chi connectivity index (χ1v) is 4.91. The first-order valence-electron chi connectivity index (χ1n) is 4.91. The highest BCUT2D eigenvalue weighted by Gasteiger charge is 1.84. The molecule has 1 rings (SSSR count). The van der Waals surface area contributed by atoms with Crippen LogP contribution in [0, 0.1) is 0 Å². The molecule has 0 aromatic heterocycles. The molecule has 0 aliphatic heterocycles. The van der Waals surface area contributed by atoms with Crippen LogP contribution in [0.2, 0.25) is 0 Å². The Kier molecular flexibility index (Phi) is 4.56. The van der Waals surface area contributed by atoms with Gasteiger partial charge in [0.05, 0.1) is 0 Å². The summed E-state index contributed by atoms with van der Waals surface area (Å²) in [6, 6.07) is 10.2. The van der Waals surface area contributed by atoms with Gasteiger partial charge >= 0.3 is 0 Å². The molecule has 0 radical (unpaired) electrons. The fraction of sp³-hybridized carbons (Fsp3) is 0.231. The highest BCUT2D eigenvalue weighted by Crippen LogP contribution is 2.04. The molecular formula is C13H17N. The second-order valence-electron chi connectivity index (χ2n) is 3.18. The van der Waals surface area contributed by atoms with Gasteiger partial charge in [-0.1, -0.05) is 42.0 Å². The summed E-state index contributed by atoms with van der Waals surface area (Å²) in [7, 11) is 0. The molecule has 1 N–H and O–H groups in total. The van der Waals surface area contributed by atoms with Crippen LogP contribution in [0.1, 0.15) is 13.8 Å². The topological polar surface area (TPSA) is 12.0 Å². The lowest BCUT2D eigenvalue weighted by atomic mass is 10.2. The molecule has 1 aromatic rings. The van der Waals surface area contributed by atoms with Gasteiger partial charge < -0.3 is 5.32 Å². The van der Waals surface area contributed by atoms with Crippen LogP contribution in [-0.4, -0.2) is 6.54 Å². The number of benzene rings is 1. The van der Waals surface area contributed by atoms with Crippen LogP contribution in [0.4, 0.5) is 5.69 Å². The second kappa shape index (κ2) is 6.03. The van der Waals surface area contributed by atoms with Crippen molar-refractivity contribution in [3.8, 4) is 0 Å². The molecule has 0 saturated carbocycles. The van der Waals surface area contributed by atoms with Crippen LogP contribution in [0.5, 0.6) is 0 Å². The fourth-order valence-corrected chi connectivity index (χ4v) is 1.07. The zero-order valence-corrected chi connectivity index (χ0v) is 8.83. The number of para-hydroxylation sites is 1. The monoisotopic (exact) mass is 187 g/mol. The molecule has 0 spiro atoms. The van der Waals surface area contributed by atoms with E-state index in [1.807, 2.05) is 25.1 Å². The Labute approximate surface area is 86.2 Å². The summed E-state index contributed by atoms with van der Waals surface area (Å²) < 4.78 is 0. The van der Waals surface area contributed by atoms with Crippen LogP contribution >= 0.6 is 0 Å². The number of anilines is 1. The van der Waals surface area contributed by atoms with E-state index in [1.165, 1.54) is 5.57 Å². The maximum absolute atomic E-state index is 3.31. The average Bonchev–Trinajstić information content (AvgIpc) is 2.25. The molecule has 1 heteroatoms. The van der Waals surface area contributed by atoms with Gasteiger partial charge in [-0.3, -0.25) is 0 Å². The lowest BCUT2D eigenvalue weighted by Gasteiger charge is -2.01. The Balaban J connectivity index is 2.32. The van der Waals surface area contributed by atoms with Gasteiger partial charge in [-0.25, -0.2) is 0 Å². The molecule has 0 aliphatic carbocycles. The summed E-state index contributed by atoms with van der Waals surface area (Å²) in [5.74, 6) is 0. The average molecular weight is 187 g/mol. The zero-order valence-electron chi connectivity index (χ0n) is 8.83. The predicted octanol–water partition coefficient (Wildman–Crippen LogP) is 3.62. The van der Waals surface area contributed by atoms with Crippen LogP contribution in [0.3, 0.4) is 0 Å². The van der Waals surface area contributed by atoms with Gasteiger partial charge in [-0.2, -0.15) is 0 Å². The first-order chi connectivity index (χ1) is 6.83. The summed E-state index contributed by atoms with van der Waals surface area (Å²) in [6.45, 7) is 5.01.